The Hall–Kier alpha value is -1.05. The molecule has 1 fully saturated rings. The predicted molar refractivity (Wildman–Crippen MR) is 80.0 cm³/mol. The Bertz CT molecular complexity index is 286. The van der Waals surface area contributed by atoms with E-state index in [0.717, 1.165) is 12.3 Å². The fourth-order valence-electron chi connectivity index (χ4n) is 2.67. The minimum Gasteiger partial charge on any atom is -0.463 e. The van der Waals surface area contributed by atoms with Crippen LogP contribution in [-0.4, -0.2) is 12.6 Å². The first-order valence-corrected chi connectivity index (χ1v) is 7.83. The van der Waals surface area contributed by atoms with Gasteiger partial charge in [0.05, 0.1) is 6.61 Å². The maximum Gasteiger partial charge on any atom is 0.330 e. The number of unbranched alkanes of at least 4 members (excludes halogenated alkanes) is 3. The summed E-state index contributed by atoms with van der Waals surface area (Å²) < 4.78 is 4.79. The number of carbonyl (C=O) groups excluding carboxylic acids is 1. The van der Waals surface area contributed by atoms with Crippen LogP contribution in [0.4, 0.5) is 0 Å². The van der Waals surface area contributed by atoms with Crippen LogP contribution in [0, 0.1) is 5.92 Å². The van der Waals surface area contributed by atoms with E-state index in [4.69, 9.17) is 4.74 Å². The molecule has 19 heavy (non-hydrogen) atoms. The molecule has 0 saturated heterocycles. The second-order valence-electron chi connectivity index (χ2n) is 5.33. The highest BCUT2D eigenvalue weighted by atomic mass is 16.5. The third-order valence-electron chi connectivity index (χ3n) is 3.72. The van der Waals surface area contributed by atoms with Gasteiger partial charge >= 0.3 is 5.97 Å². The molecular formula is C17H28O2. The smallest absolute Gasteiger partial charge is 0.330 e. The lowest BCUT2D eigenvalue weighted by Gasteiger charge is -2.07. The lowest BCUT2D eigenvalue weighted by molar-refractivity contribution is -0.137. The molecule has 0 amide bonds. The van der Waals surface area contributed by atoms with E-state index in [1.807, 2.05) is 13.0 Å². The minimum absolute atomic E-state index is 0.260. The summed E-state index contributed by atoms with van der Waals surface area (Å²) in [6.45, 7) is 2.25. The van der Waals surface area contributed by atoms with Crippen LogP contribution in [0.5, 0.6) is 0 Å². The maximum absolute atomic E-state index is 11.0. The SMILES string of the molecule is CCOC(=O)/C=C/C=C/CCCCCC1CCCC1. The van der Waals surface area contributed by atoms with Gasteiger partial charge in [-0.2, -0.15) is 0 Å². The number of esters is 1. The largest absolute Gasteiger partial charge is 0.463 e. The maximum atomic E-state index is 11.0. The summed E-state index contributed by atoms with van der Waals surface area (Å²) in [7, 11) is 0. The lowest BCUT2D eigenvalue weighted by Crippen LogP contribution is -1.98. The molecule has 1 saturated carbocycles. The zero-order chi connectivity index (χ0) is 13.8. The summed E-state index contributed by atoms with van der Waals surface area (Å²) >= 11 is 0. The van der Waals surface area contributed by atoms with Gasteiger partial charge in [0.15, 0.2) is 0 Å². The fourth-order valence-corrected chi connectivity index (χ4v) is 2.67. The standard InChI is InChI=1S/C17H28O2/c1-2-19-17(18)15-9-7-5-3-4-6-8-12-16-13-10-11-14-16/h5,7,9,15-16H,2-4,6,8,10-14H2,1H3/b7-5+,15-9+. The van der Waals surface area contributed by atoms with Gasteiger partial charge in [-0.1, -0.05) is 63.2 Å². The Morgan fingerprint density at radius 3 is 2.68 bits per heavy atom. The molecule has 0 N–H and O–H groups in total. The minimum atomic E-state index is -0.260. The Kier molecular flexibility index (Phi) is 9.13. The quantitative estimate of drug-likeness (QED) is 0.259. The molecule has 0 spiro atoms. The second-order valence-corrected chi connectivity index (χ2v) is 5.33. The van der Waals surface area contributed by atoms with Crippen LogP contribution in [0.25, 0.3) is 0 Å². The highest BCUT2D eigenvalue weighted by Crippen LogP contribution is 2.29. The average Bonchev–Trinajstić information content (AvgIpc) is 2.90. The number of hydrogen-bond acceptors (Lipinski definition) is 2. The average molecular weight is 264 g/mol. The van der Waals surface area contributed by atoms with E-state index in [0.29, 0.717) is 6.61 Å². The van der Waals surface area contributed by atoms with Crippen molar-refractivity contribution in [3.05, 3.63) is 24.3 Å². The van der Waals surface area contributed by atoms with Crippen LogP contribution in [0.2, 0.25) is 0 Å². The van der Waals surface area contributed by atoms with Crippen LogP contribution in [0.1, 0.15) is 64.7 Å². The summed E-state index contributed by atoms with van der Waals surface area (Å²) in [6.07, 6.45) is 19.7. The summed E-state index contributed by atoms with van der Waals surface area (Å²) in [5.74, 6) is 0.770. The van der Waals surface area contributed by atoms with Gasteiger partial charge in [-0.25, -0.2) is 4.79 Å². The van der Waals surface area contributed by atoms with Crippen molar-refractivity contribution >= 4 is 5.97 Å². The molecule has 0 unspecified atom stereocenters. The molecule has 1 rings (SSSR count). The van der Waals surface area contributed by atoms with Crippen molar-refractivity contribution in [1.82, 2.24) is 0 Å². The fraction of sp³-hybridized carbons (Fsp3) is 0.706. The van der Waals surface area contributed by atoms with Crippen molar-refractivity contribution in [3.8, 4) is 0 Å². The molecule has 0 bridgehead atoms. The highest BCUT2D eigenvalue weighted by Gasteiger charge is 2.13. The Morgan fingerprint density at radius 1 is 1.16 bits per heavy atom. The normalized spacial score (nSPS) is 16.7. The van der Waals surface area contributed by atoms with Crippen LogP contribution >= 0.6 is 0 Å². The number of ether oxygens (including phenoxy) is 1. The summed E-state index contributed by atoms with van der Waals surface area (Å²) in [4.78, 5) is 11.0. The molecule has 2 nitrogen and oxygen atoms in total. The lowest BCUT2D eigenvalue weighted by atomic mass is 9.99. The molecular weight excluding hydrogens is 236 g/mol. The van der Waals surface area contributed by atoms with Crippen molar-refractivity contribution < 1.29 is 9.53 Å². The summed E-state index contributed by atoms with van der Waals surface area (Å²) in [5, 5.41) is 0. The molecule has 0 atom stereocenters. The predicted octanol–water partition coefficient (Wildman–Crippen LogP) is 4.80. The van der Waals surface area contributed by atoms with Gasteiger partial charge in [0.1, 0.15) is 0 Å². The zero-order valence-corrected chi connectivity index (χ0v) is 12.3. The molecule has 2 heteroatoms. The zero-order valence-electron chi connectivity index (χ0n) is 12.3. The topological polar surface area (TPSA) is 26.3 Å². The van der Waals surface area contributed by atoms with Gasteiger partial charge in [0.2, 0.25) is 0 Å². The van der Waals surface area contributed by atoms with E-state index in [2.05, 4.69) is 6.08 Å². The molecule has 0 aromatic rings. The third kappa shape index (κ3) is 8.63. The van der Waals surface area contributed by atoms with Crippen LogP contribution in [0.15, 0.2) is 24.3 Å². The first kappa shape index (κ1) is 16.0. The molecule has 0 aliphatic heterocycles. The Labute approximate surface area is 117 Å². The second kappa shape index (κ2) is 10.8. The number of carbonyl (C=O) groups is 1. The number of rotatable bonds is 9. The molecule has 0 aromatic carbocycles. The third-order valence-corrected chi connectivity index (χ3v) is 3.72. The number of hydrogen-bond donors (Lipinski definition) is 0. The summed E-state index contributed by atoms with van der Waals surface area (Å²) in [6, 6.07) is 0. The highest BCUT2D eigenvalue weighted by molar-refractivity contribution is 5.82. The van der Waals surface area contributed by atoms with Gasteiger partial charge < -0.3 is 4.74 Å². The first-order valence-electron chi connectivity index (χ1n) is 7.83. The van der Waals surface area contributed by atoms with Crippen molar-refractivity contribution in [2.24, 2.45) is 5.92 Å². The van der Waals surface area contributed by atoms with Crippen molar-refractivity contribution in [3.63, 3.8) is 0 Å². The molecule has 1 aliphatic rings. The van der Waals surface area contributed by atoms with E-state index < -0.39 is 0 Å². The van der Waals surface area contributed by atoms with E-state index >= 15 is 0 Å². The molecule has 1 aliphatic carbocycles. The van der Waals surface area contributed by atoms with Crippen molar-refractivity contribution in [2.45, 2.75) is 64.7 Å². The molecule has 0 radical (unpaired) electrons. The summed E-state index contributed by atoms with van der Waals surface area (Å²) in [5.41, 5.74) is 0. The van der Waals surface area contributed by atoms with Crippen LogP contribution in [-0.2, 0) is 9.53 Å². The van der Waals surface area contributed by atoms with E-state index in [1.54, 1.807) is 6.08 Å². The van der Waals surface area contributed by atoms with Gasteiger partial charge in [-0.3, -0.25) is 0 Å². The Balaban J connectivity index is 1.90. The van der Waals surface area contributed by atoms with E-state index in [-0.39, 0.29) is 5.97 Å². The molecule has 0 heterocycles. The van der Waals surface area contributed by atoms with Gasteiger partial charge in [0.25, 0.3) is 0 Å². The van der Waals surface area contributed by atoms with Crippen molar-refractivity contribution in [2.75, 3.05) is 6.61 Å². The van der Waals surface area contributed by atoms with E-state index in [9.17, 15) is 4.79 Å². The monoisotopic (exact) mass is 264 g/mol. The molecule has 0 aromatic heterocycles. The molecule has 108 valence electrons. The van der Waals surface area contributed by atoms with Crippen LogP contribution < -0.4 is 0 Å². The van der Waals surface area contributed by atoms with Crippen molar-refractivity contribution in [1.29, 1.82) is 0 Å². The van der Waals surface area contributed by atoms with E-state index in [1.165, 1.54) is 57.4 Å². The van der Waals surface area contributed by atoms with Gasteiger partial charge in [-0.15, -0.1) is 0 Å². The van der Waals surface area contributed by atoms with Crippen LogP contribution in [0.3, 0.4) is 0 Å². The number of allylic oxidation sites excluding steroid dienone is 3. The first-order chi connectivity index (χ1) is 9.33. The van der Waals surface area contributed by atoms with Gasteiger partial charge in [-0.05, 0) is 25.7 Å². The van der Waals surface area contributed by atoms with Gasteiger partial charge in [0, 0.05) is 6.08 Å². The Morgan fingerprint density at radius 2 is 1.95 bits per heavy atom.